The fourth-order valence-corrected chi connectivity index (χ4v) is 3.42. The third kappa shape index (κ3) is 2.34. The summed E-state index contributed by atoms with van der Waals surface area (Å²) in [5.74, 6) is 0. The van der Waals surface area contributed by atoms with Gasteiger partial charge in [0.2, 0.25) is 0 Å². The van der Waals surface area contributed by atoms with Crippen LogP contribution in [0.4, 0.5) is 11.4 Å². The zero-order valence-electron chi connectivity index (χ0n) is 12.5. The number of nitrogens with one attached hydrogen (secondary N) is 1. The molecule has 110 valence electrons. The van der Waals surface area contributed by atoms with Crippen LogP contribution in [0.2, 0.25) is 5.02 Å². The van der Waals surface area contributed by atoms with Gasteiger partial charge >= 0.3 is 0 Å². The fourth-order valence-electron chi connectivity index (χ4n) is 3.23. The second kappa shape index (κ2) is 5.29. The van der Waals surface area contributed by atoms with Gasteiger partial charge in [-0.2, -0.15) is 0 Å². The summed E-state index contributed by atoms with van der Waals surface area (Å²) in [6.45, 7) is 2.12. The summed E-state index contributed by atoms with van der Waals surface area (Å²) < 4.78 is 0. The van der Waals surface area contributed by atoms with Gasteiger partial charge in [-0.1, -0.05) is 29.3 Å². The van der Waals surface area contributed by atoms with Crippen molar-refractivity contribution >= 4 is 33.9 Å². The van der Waals surface area contributed by atoms with Crippen LogP contribution >= 0.6 is 11.6 Å². The quantitative estimate of drug-likeness (QED) is 0.683. The second-order valence-corrected chi connectivity index (χ2v) is 6.36. The normalized spacial score (nSPS) is 13.4. The molecule has 0 amide bonds. The van der Waals surface area contributed by atoms with Crippen molar-refractivity contribution in [2.75, 3.05) is 5.32 Å². The van der Waals surface area contributed by atoms with Gasteiger partial charge in [0.05, 0.1) is 11.2 Å². The Labute approximate surface area is 135 Å². The van der Waals surface area contributed by atoms with Crippen molar-refractivity contribution in [1.82, 2.24) is 4.98 Å². The van der Waals surface area contributed by atoms with Crippen LogP contribution in [-0.2, 0) is 12.8 Å². The first kappa shape index (κ1) is 13.6. The van der Waals surface area contributed by atoms with Gasteiger partial charge in [0.25, 0.3) is 0 Å². The highest BCUT2D eigenvalue weighted by atomic mass is 35.5. The molecule has 0 saturated heterocycles. The number of aromatic nitrogens is 1. The summed E-state index contributed by atoms with van der Waals surface area (Å²) in [5, 5.41) is 5.53. The summed E-state index contributed by atoms with van der Waals surface area (Å²) >= 11 is 6.12. The van der Waals surface area contributed by atoms with Gasteiger partial charge < -0.3 is 5.32 Å². The van der Waals surface area contributed by atoms with E-state index in [4.69, 9.17) is 16.6 Å². The molecule has 3 aromatic rings. The zero-order valence-corrected chi connectivity index (χ0v) is 13.2. The highest BCUT2D eigenvalue weighted by Gasteiger charge is 2.19. The molecule has 2 aromatic carbocycles. The first-order valence-corrected chi connectivity index (χ1v) is 8.03. The summed E-state index contributed by atoms with van der Waals surface area (Å²) in [6, 6.07) is 14.3. The highest BCUT2D eigenvalue weighted by molar-refractivity contribution is 6.30. The molecule has 0 spiro atoms. The van der Waals surface area contributed by atoms with E-state index in [9.17, 15) is 0 Å². The summed E-state index contributed by atoms with van der Waals surface area (Å²) in [7, 11) is 0. The molecular formula is C19H17ClN2. The predicted molar refractivity (Wildman–Crippen MR) is 93.2 cm³/mol. The smallest absolute Gasteiger partial charge is 0.0726 e. The lowest BCUT2D eigenvalue weighted by atomic mass is 10.0. The molecule has 1 aliphatic rings. The molecule has 4 rings (SSSR count). The molecule has 0 unspecified atom stereocenters. The second-order valence-electron chi connectivity index (χ2n) is 5.92. The lowest BCUT2D eigenvalue weighted by molar-refractivity contribution is 0.901. The maximum Gasteiger partial charge on any atom is 0.0726 e. The third-order valence-corrected chi connectivity index (χ3v) is 4.50. The van der Waals surface area contributed by atoms with Gasteiger partial charge in [-0.25, -0.2) is 0 Å². The molecule has 0 fully saturated rings. The number of halogens is 1. The van der Waals surface area contributed by atoms with Crippen molar-refractivity contribution < 1.29 is 0 Å². The van der Waals surface area contributed by atoms with Gasteiger partial charge in [0.1, 0.15) is 0 Å². The molecule has 0 aliphatic heterocycles. The fraction of sp³-hybridized carbons (Fsp3) is 0.211. The number of rotatable bonds is 2. The van der Waals surface area contributed by atoms with Crippen molar-refractivity contribution in [3.05, 3.63) is 64.3 Å². The Hall–Kier alpha value is -2.06. The van der Waals surface area contributed by atoms with Crippen molar-refractivity contribution in [3.63, 3.8) is 0 Å². The zero-order chi connectivity index (χ0) is 15.1. The Morgan fingerprint density at radius 3 is 2.86 bits per heavy atom. The van der Waals surface area contributed by atoms with Crippen molar-refractivity contribution in [1.29, 1.82) is 0 Å². The molecule has 22 heavy (non-hydrogen) atoms. The lowest BCUT2D eigenvalue weighted by Crippen LogP contribution is -2.00. The molecule has 1 heterocycles. The maximum atomic E-state index is 6.12. The van der Waals surface area contributed by atoms with Gasteiger partial charge in [0, 0.05) is 21.8 Å². The van der Waals surface area contributed by atoms with E-state index in [1.807, 2.05) is 18.2 Å². The van der Waals surface area contributed by atoms with Crippen LogP contribution in [0.1, 0.15) is 23.2 Å². The van der Waals surface area contributed by atoms with E-state index in [0.29, 0.717) is 0 Å². The maximum absolute atomic E-state index is 6.12. The van der Waals surface area contributed by atoms with E-state index in [2.05, 4.69) is 36.5 Å². The van der Waals surface area contributed by atoms with Crippen molar-refractivity contribution in [3.8, 4) is 0 Å². The molecule has 2 nitrogen and oxygen atoms in total. The van der Waals surface area contributed by atoms with Crippen LogP contribution < -0.4 is 5.32 Å². The van der Waals surface area contributed by atoms with Crippen LogP contribution in [0.15, 0.2) is 42.5 Å². The Balaban J connectivity index is 1.92. The third-order valence-electron chi connectivity index (χ3n) is 4.26. The van der Waals surface area contributed by atoms with Crippen LogP contribution in [0, 0.1) is 6.92 Å². The first-order valence-electron chi connectivity index (χ1n) is 7.65. The van der Waals surface area contributed by atoms with E-state index >= 15 is 0 Å². The number of aryl methyl sites for hydroxylation is 2. The van der Waals surface area contributed by atoms with E-state index in [1.165, 1.54) is 34.3 Å². The first-order chi connectivity index (χ1) is 10.7. The molecular weight excluding hydrogens is 292 g/mol. The minimum atomic E-state index is 0.746. The van der Waals surface area contributed by atoms with Gasteiger partial charge in [-0.15, -0.1) is 0 Å². The summed E-state index contributed by atoms with van der Waals surface area (Å²) in [5.41, 5.74) is 7.13. The van der Waals surface area contributed by atoms with Gasteiger partial charge in [0.15, 0.2) is 0 Å². The molecule has 0 radical (unpaired) electrons. The van der Waals surface area contributed by atoms with Crippen LogP contribution in [0.25, 0.3) is 10.9 Å². The average Bonchev–Trinajstić information content (AvgIpc) is 2.96. The molecule has 0 saturated carbocycles. The lowest BCUT2D eigenvalue weighted by Gasteiger charge is -2.15. The average molecular weight is 309 g/mol. The molecule has 1 aliphatic carbocycles. The van der Waals surface area contributed by atoms with E-state index in [0.717, 1.165) is 29.1 Å². The summed E-state index contributed by atoms with van der Waals surface area (Å²) in [4.78, 5) is 4.85. The Morgan fingerprint density at radius 1 is 1.09 bits per heavy atom. The molecule has 1 N–H and O–H groups in total. The number of pyridine rings is 1. The number of fused-ring (bicyclic) bond motifs is 2. The molecule has 1 aromatic heterocycles. The molecule has 0 bridgehead atoms. The highest BCUT2D eigenvalue weighted by Crippen LogP contribution is 2.36. The van der Waals surface area contributed by atoms with Gasteiger partial charge in [-0.3, -0.25) is 4.98 Å². The van der Waals surface area contributed by atoms with Crippen LogP contribution in [0.3, 0.4) is 0 Å². The number of hydrogen-bond donors (Lipinski definition) is 1. The van der Waals surface area contributed by atoms with Crippen LogP contribution in [0.5, 0.6) is 0 Å². The topological polar surface area (TPSA) is 24.9 Å². The standard InChI is InChI=1S/C19H17ClN2/c1-12-8-9-18-16(10-12)19(15-6-3-7-17(15)22-18)21-14-5-2-4-13(20)11-14/h2,4-5,8-11H,3,6-7H2,1H3,(H,21,22). The number of hydrogen-bond acceptors (Lipinski definition) is 2. The van der Waals surface area contributed by atoms with E-state index in [1.54, 1.807) is 0 Å². The monoisotopic (exact) mass is 308 g/mol. The SMILES string of the molecule is Cc1ccc2nc3c(c(Nc4cccc(Cl)c4)c2c1)CCC3. The Kier molecular flexibility index (Phi) is 3.27. The Bertz CT molecular complexity index is 871. The predicted octanol–water partition coefficient (Wildman–Crippen LogP) is 5.43. The minimum absolute atomic E-state index is 0.746. The largest absolute Gasteiger partial charge is 0.355 e. The van der Waals surface area contributed by atoms with Crippen molar-refractivity contribution in [2.24, 2.45) is 0 Å². The number of benzene rings is 2. The van der Waals surface area contributed by atoms with Crippen molar-refractivity contribution in [2.45, 2.75) is 26.2 Å². The summed E-state index contributed by atoms with van der Waals surface area (Å²) in [6.07, 6.45) is 3.35. The van der Waals surface area contributed by atoms with E-state index < -0.39 is 0 Å². The molecule has 0 atom stereocenters. The Morgan fingerprint density at radius 2 is 2.00 bits per heavy atom. The number of anilines is 2. The van der Waals surface area contributed by atoms with E-state index in [-0.39, 0.29) is 0 Å². The minimum Gasteiger partial charge on any atom is -0.355 e. The van der Waals surface area contributed by atoms with Crippen LogP contribution in [-0.4, -0.2) is 4.98 Å². The number of nitrogens with zero attached hydrogens (tertiary/aromatic N) is 1. The van der Waals surface area contributed by atoms with Gasteiger partial charge in [-0.05, 0) is 62.1 Å². The molecule has 3 heteroatoms.